The summed E-state index contributed by atoms with van der Waals surface area (Å²) in [6.07, 6.45) is 1.81. The Morgan fingerprint density at radius 3 is 2.31 bits per heavy atom. The molecule has 1 aliphatic carbocycles. The van der Waals surface area contributed by atoms with Crippen LogP contribution in [0.4, 0.5) is 8.78 Å². The number of carbonyl (C=O) groups is 1. The molecule has 5 nitrogen and oxygen atoms in total. The second-order valence-electron chi connectivity index (χ2n) is 7.93. The van der Waals surface area contributed by atoms with Crippen LogP contribution in [0, 0.1) is 6.92 Å². The number of benzene rings is 1. The molecular formula is C18H24BF2NO4. The van der Waals surface area contributed by atoms with Crippen molar-refractivity contribution >= 4 is 18.5 Å². The third-order valence-electron chi connectivity index (χ3n) is 5.20. The number of alkyl halides is 2. The predicted molar refractivity (Wildman–Crippen MR) is 94.0 cm³/mol. The van der Waals surface area contributed by atoms with E-state index >= 15 is 0 Å². The number of aryl methyl sites for hydroxylation is 1. The number of amides is 1. The van der Waals surface area contributed by atoms with Crippen LogP contribution in [0.5, 0.6) is 5.75 Å². The minimum Gasteiger partial charge on any atom is -0.434 e. The van der Waals surface area contributed by atoms with Gasteiger partial charge >= 0.3 is 13.7 Å². The summed E-state index contributed by atoms with van der Waals surface area (Å²) in [5.74, 6) is -0.566. The fourth-order valence-electron chi connectivity index (χ4n) is 2.86. The van der Waals surface area contributed by atoms with Gasteiger partial charge in [0.2, 0.25) is 0 Å². The van der Waals surface area contributed by atoms with Gasteiger partial charge in [-0.05, 0) is 64.6 Å². The molecule has 26 heavy (non-hydrogen) atoms. The van der Waals surface area contributed by atoms with Crippen LogP contribution in [0.15, 0.2) is 12.1 Å². The SMILES string of the molecule is Cc1cc(B2OC(C)(C)C(C)(C)O2)cc(OC(F)F)c1C(=O)NC1CC1. The predicted octanol–water partition coefficient (Wildman–Crippen LogP) is 2.79. The normalized spacial score (nSPS) is 21.2. The largest absolute Gasteiger partial charge is 0.494 e. The third kappa shape index (κ3) is 3.71. The Hall–Kier alpha value is -1.67. The van der Waals surface area contributed by atoms with Crippen molar-refractivity contribution in [2.24, 2.45) is 0 Å². The average Bonchev–Trinajstić information content (AvgIpc) is 3.24. The molecule has 0 aromatic heterocycles. The van der Waals surface area contributed by atoms with Gasteiger partial charge in [0.1, 0.15) is 5.75 Å². The van der Waals surface area contributed by atoms with Gasteiger partial charge in [-0.25, -0.2) is 0 Å². The topological polar surface area (TPSA) is 56.8 Å². The highest BCUT2D eigenvalue weighted by molar-refractivity contribution is 6.62. The summed E-state index contributed by atoms with van der Waals surface area (Å²) in [6, 6.07) is 3.25. The van der Waals surface area contributed by atoms with E-state index < -0.39 is 30.8 Å². The molecule has 1 aliphatic heterocycles. The summed E-state index contributed by atoms with van der Waals surface area (Å²) in [5.41, 5.74) is 0.0810. The maximum Gasteiger partial charge on any atom is 0.494 e. The first kappa shape index (κ1) is 19.1. The summed E-state index contributed by atoms with van der Waals surface area (Å²) in [4.78, 5) is 12.5. The molecule has 2 aliphatic rings. The molecule has 0 unspecified atom stereocenters. The highest BCUT2D eigenvalue weighted by Gasteiger charge is 2.52. The third-order valence-corrected chi connectivity index (χ3v) is 5.20. The maximum atomic E-state index is 12.9. The Balaban J connectivity index is 1.95. The number of hydrogen-bond acceptors (Lipinski definition) is 4. The molecule has 0 radical (unpaired) electrons. The van der Waals surface area contributed by atoms with Crippen molar-refractivity contribution in [1.82, 2.24) is 5.32 Å². The molecule has 1 aromatic rings. The van der Waals surface area contributed by atoms with Gasteiger partial charge in [-0.15, -0.1) is 0 Å². The van der Waals surface area contributed by atoms with Crippen molar-refractivity contribution in [3.05, 3.63) is 23.3 Å². The van der Waals surface area contributed by atoms with Crippen LogP contribution >= 0.6 is 0 Å². The molecule has 0 atom stereocenters. The summed E-state index contributed by atoms with van der Waals surface area (Å²) < 4.78 is 42.4. The van der Waals surface area contributed by atoms with Gasteiger partial charge in [0.15, 0.2) is 0 Å². The number of nitrogens with one attached hydrogen (secondary N) is 1. The van der Waals surface area contributed by atoms with E-state index in [1.807, 2.05) is 27.7 Å². The Labute approximate surface area is 152 Å². The fraction of sp³-hybridized carbons (Fsp3) is 0.611. The molecule has 1 aromatic carbocycles. The van der Waals surface area contributed by atoms with Crippen LogP contribution in [-0.4, -0.2) is 36.9 Å². The van der Waals surface area contributed by atoms with Crippen molar-refractivity contribution in [2.75, 3.05) is 0 Å². The van der Waals surface area contributed by atoms with E-state index in [0.29, 0.717) is 11.0 Å². The molecule has 1 heterocycles. The van der Waals surface area contributed by atoms with Crippen molar-refractivity contribution in [1.29, 1.82) is 0 Å². The van der Waals surface area contributed by atoms with Gasteiger partial charge < -0.3 is 19.4 Å². The smallest absolute Gasteiger partial charge is 0.434 e. The van der Waals surface area contributed by atoms with Gasteiger partial charge in [-0.1, -0.05) is 6.07 Å². The molecule has 1 saturated heterocycles. The zero-order chi connectivity index (χ0) is 19.3. The molecular weight excluding hydrogens is 343 g/mol. The molecule has 8 heteroatoms. The lowest BCUT2D eigenvalue weighted by molar-refractivity contribution is -0.0501. The average molecular weight is 367 g/mol. The van der Waals surface area contributed by atoms with Gasteiger partial charge in [0.05, 0.1) is 16.8 Å². The standard InChI is InChI=1S/C18H24BF2NO4/c1-10-8-11(19-25-17(2,3)18(4,5)26-19)9-13(24-16(20)21)14(10)15(23)22-12-6-7-12/h8-9,12,16H,6-7H2,1-5H3,(H,22,23). The van der Waals surface area contributed by atoms with Crippen molar-refractivity contribution in [3.8, 4) is 5.75 Å². The van der Waals surface area contributed by atoms with E-state index in [-0.39, 0.29) is 17.4 Å². The maximum absolute atomic E-state index is 12.9. The van der Waals surface area contributed by atoms with Crippen molar-refractivity contribution in [3.63, 3.8) is 0 Å². The Morgan fingerprint density at radius 1 is 1.23 bits per heavy atom. The number of ether oxygens (including phenoxy) is 1. The first-order valence-electron chi connectivity index (χ1n) is 8.76. The van der Waals surface area contributed by atoms with Crippen LogP contribution in [0.1, 0.15) is 56.5 Å². The van der Waals surface area contributed by atoms with Crippen LogP contribution in [0.25, 0.3) is 0 Å². The number of hydrogen-bond donors (Lipinski definition) is 1. The number of halogens is 2. The summed E-state index contributed by atoms with van der Waals surface area (Å²) in [7, 11) is -0.723. The van der Waals surface area contributed by atoms with E-state index in [9.17, 15) is 13.6 Å². The van der Waals surface area contributed by atoms with Crippen LogP contribution in [0.3, 0.4) is 0 Å². The molecule has 2 fully saturated rings. The van der Waals surface area contributed by atoms with Gasteiger partial charge in [-0.3, -0.25) is 4.79 Å². The zero-order valence-electron chi connectivity index (χ0n) is 15.7. The second-order valence-corrected chi connectivity index (χ2v) is 7.93. The van der Waals surface area contributed by atoms with E-state index in [1.54, 1.807) is 13.0 Å². The quantitative estimate of drug-likeness (QED) is 0.814. The van der Waals surface area contributed by atoms with E-state index in [4.69, 9.17) is 9.31 Å². The van der Waals surface area contributed by atoms with Gasteiger partial charge in [-0.2, -0.15) is 8.78 Å². The van der Waals surface area contributed by atoms with Crippen molar-refractivity contribution < 1.29 is 27.6 Å². The number of carbonyl (C=O) groups excluding carboxylic acids is 1. The zero-order valence-corrected chi connectivity index (χ0v) is 15.7. The molecule has 1 N–H and O–H groups in total. The van der Waals surface area contributed by atoms with Crippen molar-refractivity contribution in [2.45, 2.75) is 71.3 Å². The summed E-state index contributed by atoms with van der Waals surface area (Å²) in [5, 5.41) is 2.81. The Bertz CT molecular complexity index is 703. The lowest BCUT2D eigenvalue weighted by Crippen LogP contribution is -2.41. The Morgan fingerprint density at radius 2 is 1.81 bits per heavy atom. The minimum absolute atomic E-state index is 0.115. The van der Waals surface area contributed by atoms with E-state index in [2.05, 4.69) is 10.1 Å². The molecule has 142 valence electrons. The van der Waals surface area contributed by atoms with Crippen LogP contribution < -0.4 is 15.5 Å². The highest BCUT2D eigenvalue weighted by atomic mass is 19.3. The molecule has 0 spiro atoms. The molecule has 1 amide bonds. The van der Waals surface area contributed by atoms with E-state index in [1.165, 1.54) is 6.07 Å². The molecule has 3 rings (SSSR count). The fourth-order valence-corrected chi connectivity index (χ4v) is 2.86. The lowest BCUT2D eigenvalue weighted by Gasteiger charge is -2.32. The summed E-state index contributed by atoms with van der Waals surface area (Å²) in [6.45, 7) is 6.30. The molecule has 1 saturated carbocycles. The Kier molecular flexibility index (Phi) is 4.77. The highest BCUT2D eigenvalue weighted by Crippen LogP contribution is 2.37. The van der Waals surface area contributed by atoms with Crippen LogP contribution in [-0.2, 0) is 9.31 Å². The van der Waals surface area contributed by atoms with Gasteiger partial charge in [0, 0.05) is 6.04 Å². The van der Waals surface area contributed by atoms with Crippen LogP contribution in [0.2, 0.25) is 0 Å². The minimum atomic E-state index is -3.03. The number of rotatable bonds is 5. The monoisotopic (exact) mass is 367 g/mol. The summed E-state index contributed by atoms with van der Waals surface area (Å²) >= 11 is 0. The first-order valence-corrected chi connectivity index (χ1v) is 8.76. The van der Waals surface area contributed by atoms with E-state index in [0.717, 1.165) is 12.8 Å². The first-order chi connectivity index (χ1) is 12.0. The second kappa shape index (κ2) is 6.49. The van der Waals surface area contributed by atoms with Gasteiger partial charge in [0.25, 0.3) is 5.91 Å². The lowest BCUT2D eigenvalue weighted by atomic mass is 9.77. The molecule has 0 bridgehead atoms.